The third-order valence-electron chi connectivity index (χ3n) is 4.27. The van der Waals surface area contributed by atoms with Gasteiger partial charge in [-0.05, 0) is 49.7 Å². The molecular formula is C15H21ClN2O. The molecule has 3 N–H and O–H groups in total. The van der Waals surface area contributed by atoms with Crippen LogP contribution >= 0.6 is 12.4 Å². The fourth-order valence-electron chi connectivity index (χ4n) is 2.87. The van der Waals surface area contributed by atoms with Crippen LogP contribution in [0.2, 0.25) is 0 Å². The second kappa shape index (κ2) is 5.14. The second-order valence-electron chi connectivity index (χ2n) is 5.88. The minimum absolute atomic E-state index is 0. The van der Waals surface area contributed by atoms with Crippen molar-refractivity contribution >= 4 is 18.3 Å². The summed E-state index contributed by atoms with van der Waals surface area (Å²) in [6.07, 6.45) is 3.79. The van der Waals surface area contributed by atoms with E-state index in [1.165, 1.54) is 24.0 Å². The minimum Gasteiger partial charge on any atom is -0.352 e. The molecule has 3 rings (SSSR count). The molecule has 0 saturated heterocycles. The maximum absolute atomic E-state index is 12.3. The molecule has 0 radical (unpaired) electrons. The van der Waals surface area contributed by atoms with Gasteiger partial charge in [-0.25, -0.2) is 0 Å². The van der Waals surface area contributed by atoms with Crippen LogP contribution < -0.4 is 11.1 Å². The Morgan fingerprint density at radius 2 is 1.84 bits per heavy atom. The van der Waals surface area contributed by atoms with Crippen LogP contribution in [0.1, 0.15) is 30.9 Å². The van der Waals surface area contributed by atoms with Gasteiger partial charge >= 0.3 is 0 Å². The van der Waals surface area contributed by atoms with E-state index in [1.54, 1.807) is 0 Å². The number of amides is 1. The van der Waals surface area contributed by atoms with Crippen molar-refractivity contribution in [1.29, 1.82) is 0 Å². The van der Waals surface area contributed by atoms with Crippen molar-refractivity contribution in [3.8, 4) is 0 Å². The van der Waals surface area contributed by atoms with Gasteiger partial charge in [-0.3, -0.25) is 4.79 Å². The summed E-state index contributed by atoms with van der Waals surface area (Å²) in [6.45, 7) is 2.08. The van der Waals surface area contributed by atoms with Gasteiger partial charge in [0.15, 0.2) is 0 Å². The molecule has 0 bridgehead atoms. The maximum Gasteiger partial charge on any atom is 0.240 e. The highest BCUT2D eigenvalue weighted by Crippen LogP contribution is 2.33. The molecule has 0 aliphatic heterocycles. The molecule has 0 heterocycles. The van der Waals surface area contributed by atoms with Gasteiger partial charge in [0.25, 0.3) is 0 Å². The minimum atomic E-state index is -0.743. The summed E-state index contributed by atoms with van der Waals surface area (Å²) < 4.78 is 0. The van der Waals surface area contributed by atoms with Crippen LogP contribution in [0.15, 0.2) is 24.3 Å². The highest BCUT2D eigenvalue weighted by molar-refractivity contribution is 5.88. The van der Waals surface area contributed by atoms with Gasteiger partial charge in [-0.1, -0.05) is 24.3 Å². The standard InChI is InChI=1S/C15H20N2O.ClH/c1-10(11-6-7-11)17-14(18)15(16)8-12-4-2-3-5-13(12)9-15;/h2-5,10-11H,6-9,16H2,1H3,(H,17,18);1H. The molecule has 1 amide bonds. The number of benzene rings is 1. The number of hydrogen-bond donors (Lipinski definition) is 2. The van der Waals surface area contributed by atoms with Gasteiger partial charge in [0.1, 0.15) is 5.54 Å². The predicted molar refractivity (Wildman–Crippen MR) is 78.3 cm³/mol. The molecule has 104 valence electrons. The van der Waals surface area contributed by atoms with Gasteiger partial charge in [0, 0.05) is 6.04 Å². The van der Waals surface area contributed by atoms with E-state index >= 15 is 0 Å². The molecule has 1 unspecified atom stereocenters. The summed E-state index contributed by atoms with van der Waals surface area (Å²) >= 11 is 0. The Morgan fingerprint density at radius 3 is 2.32 bits per heavy atom. The molecule has 3 nitrogen and oxygen atoms in total. The molecule has 1 aromatic carbocycles. The van der Waals surface area contributed by atoms with Crippen molar-refractivity contribution in [2.75, 3.05) is 0 Å². The molecule has 1 atom stereocenters. The summed E-state index contributed by atoms with van der Waals surface area (Å²) in [7, 11) is 0. The largest absolute Gasteiger partial charge is 0.352 e. The summed E-state index contributed by atoms with van der Waals surface area (Å²) in [5.74, 6) is 0.680. The van der Waals surface area contributed by atoms with Crippen molar-refractivity contribution in [1.82, 2.24) is 5.32 Å². The van der Waals surface area contributed by atoms with Crippen LogP contribution in [0.25, 0.3) is 0 Å². The fraction of sp³-hybridized carbons (Fsp3) is 0.533. The fourth-order valence-corrected chi connectivity index (χ4v) is 2.87. The van der Waals surface area contributed by atoms with Crippen molar-refractivity contribution in [2.45, 2.75) is 44.2 Å². The predicted octanol–water partition coefficient (Wildman–Crippen LogP) is 1.82. The Bertz CT molecular complexity index is 460. The van der Waals surface area contributed by atoms with Crippen LogP contribution in [0.4, 0.5) is 0 Å². The molecule has 4 heteroatoms. The van der Waals surface area contributed by atoms with Crippen LogP contribution in [0.5, 0.6) is 0 Å². The van der Waals surface area contributed by atoms with E-state index in [0.717, 1.165) is 0 Å². The van der Waals surface area contributed by atoms with Crippen molar-refractivity contribution < 1.29 is 4.79 Å². The van der Waals surface area contributed by atoms with Crippen LogP contribution in [0, 0.1) is 5.92 Å². The highest BCUT2D eigenvalue weighted by atomic mass is 35.5. The topological polar surface area (TPSA) is 55.1 Å². The van der Waals surface area contributed by atoms with E-state index in [2.05, 4.69) is 24.4 Å². The van der Waals surface area contributed by atoms with Gasteiger partial charge < -0.3 is 11.1 Å². The molecule has 1 fully saturated rings. The van der Waals surface area contributed by atoms with Crippen molar-refractivity contribution in [3.63, 3.8) is 0 Å². The van der Waals surface area contributed by atoms with E-state index in [-0.39, 0.29) is 24.4 Å². The lowest BCUT2D eigenvalue weighted by atomic mass is 9.95. The lowest BCUT2D eigenvalue weighted by Gasteiger charge is -2.25. The van der Waals surface area contributed by atoms with Crippen molar-refractivity contribution in [3.05, 3.63) is 35.4 Å². The Morgan fingerprint density at radius 1 is 1.32 bits per heavy atom. The number of carbonyl (C=O) groups excluding carboxylic acids is 1. The molecule has 2 aliphatic rings. The zero-order valence-electron chi connectivity index (χ0n) is 11.2. The van der Waals surface area contributed by atoms with E-state index in [1.807, 2.05) is 12.1 Å². The lowest BCUT2D eigenvalue weighted by Crippen LogP contribution is -2.56. The zero-order valence-corrected chi connectivity index (χ0v) is 12.0. The first kappa shape index (κ1) is 14.4. The van der Waals surface area contributed by atoms with Crippen molar-refractivity contribution in [2.24, 2.45) is 11.7 Å². The van der Waals surface area contributed by atoms with Gasteiger partial charge in [0.2, 0.25) is 5.91 Å². The van der Waals surface area contributed by atoms with Crippen LogP contribution in [-0.2, 0) is 17.6 Å². The number of fused-ring (bicyclic) bond motifs is 1. The molecule has 1 aromatic rings. The number of halogens is 1. The van der Waals surface area contributed by atoms with Gasteiger partial charge in [0.05, 0.1) is 0 Å². The van der Waals surface area contributed by atoms with E-state index in [4.69, 9.17) is 5.73 Å². The maximum atomic E-state index is 12.3. The second-order valence-corrected chi connectivity index (χ2v) is 5.88. The number of rotatable bonds is 3. The normalized spacial score (nSPS) is 21.2. The van der Waals surface area contributed by atoms with Gasteiger partial charge in [-0.15, -0.1) is 12.4 Å². The molecule has 19 heavy (non-hydrogen) atoms. The lowest BCUT2D eigenvalue weighted by molar-refractivity contribution is -0.126. The molecule has 0 spiro atoms. The first-order chi connectivity index (χ1) is 8.58. The number of nitrogens with two attached hydrogens (primary N) is 1. The number of carbonyl (C=O) groups is 1. The van der Waals surface area contributed by atoms with E-state index < -0.39 is 5.54 Å². The third kappa shape index (κ3) is 2.77. The van der Waals surface area contributed by atoms with E-state index in [9.17, 15) is 4.79 Å². The smallest absolute Gasteiger partial charge is 0.240 e. The molecule has 1 saturated carbocycles. The highest BCUT2D eigenvalue weighted by Gasteiger charge is 2.41. The summed E-state index contributed by atoms with van der Waals surface area (Å²) in [5.41, 5.74) is 8.00. The molecule has 0 aromatic heterocycles. The average molecular weight is 281 g/mol. The van der Waals surface area contributed by atoms with Crippen LogP contribution in [-0.4, -0.2) is 17.5 Å². The van der Waals surface area contributed by atoms with Crippen LogP contribution in [0.3, 0.4) is 0 Å². The van der Waals surface area contributed by atoms with Gasteiger partial charge in [-0.2, -0.15) is 0 Å². The molecule has 2 aliphatic carbocycles. The number of nitrogens with one attached hydrogen (secondary N) is 1. The average Bonchev–Trinajstić information content (AvgIpc) is 3.11. The summed E-state index contributed by atoms with van der Waals surface area (Å²) in [4.78, 5) is 12.3. The van der Waals surface area contributed by atoms with E-state index in [0.29, 0.717) is 18.8 Å². The first-order valence-corrected chi connectivity index (χ1v) is 6.75. The Kier molecular flexibility index (Phi) is 3.88. The SMILES string of the molecule is CC(NC(=O)C1(N)Cc2ccccc2C1)C1CC1.Cl. The summed E-state index contributed by atoms with van der Waals surface area (Å²) in [6, 6.07) is 8.43. The Balaban J connectivity index is 0.00000133. The Labute approximate surface area is 120 Å². The third-order valence-corrected chi connectivity index (χ3v) is 4.27. The quantitative estimate of drug-likeness (QED) is 0.887. The monoisotopic (exact) mass is 280 g/mol. The molecular weight excluding hydrogens is 260 g/mol. The zero-order chi connectivity index (χ0) is 12.8. The number of hydrogen-bond acceptors (Lipinski definition) is 2. The summed E-state index contributed by atoms with van der Waals surface area (Å²) in [5, 5.41) is 3.10. The first-order valence-electron chi connectivity index (χ1n) is 6.75. The Hall–Kier alpha value is -1.06.